The van der Waals surface area contributed by atoms with Crippen LogP contribution < -0.4 is 4.74 Å². The van der Waals surface area contributed by atoms with Crippen molar-refractivity contribution >= 4 is 17.7 Å². The first-order chi connectivity index (χ1) is 9.17. The molecule has 0 saturated heterocycles. The van der Waals surface area contributed by atoms with Crippen LogP contribution in [0.3, 0.4) is 0 Å². The van der Waals surface area contributed by atoms with Crippen LogP contribution >= 0.6 is 0 Å². The molecular formula is C13H12N2O4. The van der Waals surface area contributed by atoms with Crippen molar-refractivity contribution in [2.24, 2.45) is 10.9 Å². The van der Waals surface area contributed by atoms with Gasteiger partial charge < -0.3 is 14.6 Å². The van der Waals surface area contributed by atoms with Crippen LogP contribution in [0.5, 0.6) is 11.5 Å². The van der Waals surface area contributed by atoms with Crippen LogP contribution in [0.15, 0.2) is 17.1 Å². The Bertz CT molecular complexity index is 575. The van der Waals surface area contributed by atoms with E-state index in [4.69, 9.17) is 14.7 Å². The summed E-state index contributed by atoms with van der Waals surface area (Å²) < 4.78 is 10.1. The van der Waals surface area contributed by atoms with Gasteiger partial charge in [-0.15, -0.1) is 0 Å². The van der Waals surface area contributed by atoms with Crippen LogP contribution in [-0.2, 0) is 4.74 Å². The lowest BCUT2D eigenvalue weighted by atomic mass is 9.95. The lowest BCUT2D eigenvalue weighted by molar-refractivity contribution is 0.0975. The molecule has 0 aromatic heterocycles. The fourth-order valence-electron chi connectivity index (χ4n) is 1.69. The highest BCUT2D eigenvalue weighted by atomic mass is 16.5. The molecule has 0 bridgehead atoms. The number of aromatic hydroxyl groups is 1. The van der Waals surface area contributed by atoms with Crippen molar-refractivity contribution in [1.82, 2.24) is 0 Å². The third-order valence-corrected chi connectivity index (χ3v) is 2.67. The quantitative estimate of drug-likeness (QED) is 0.827. The van der Waals surface area contributed by atoms with Gasteiger partial charge in [-0.2, -0.15) is 5.26 Å². The molecule has 0 saturated carbocycles. The summed E-state index contributed by atoms with van der Waals surface area (Å²) in [5, 5.41) is 18.6. The van der Waals surface area contributed by atoms with Crippen molar-refractivity contribution in [2.75, 3.05) is 20.3 Å². The van der Waals surface area contributed by atoms with E-state index < -0.39 is 5.92 Å². The van der Waals surface area contributed by atoms with E-state index in [9.17, 15) is 9.90 Å². The normalized spacial score (nSPS) is 16.8. The summed E-state index contributed by atoms with van der Waals surface area (Å²) in [5.74, 6) is -1.15. The molecule has 19 heavy (non-hydrogen) atoms. The second-order valence-corrected chi connectivity index (χ2v) is 3.93. The van der Waals surface area contributed by atoms with Crippen LogP contribution in [0.4, 0.5) is 5.69 Å². The average molecular weight is 260 g/mol. The van der Waals surface area contributed by atoms with Crippen LogP contribution in [0.1, 0.15) is 10.4 Å². The summed E-state index contributed by atoms with van der Waals surface area (Å²) in [7, 11) is 1.53. The number of carbonyl (C=O) groups excluding carboxylic acids is 1. The fourth-order valence-corrected chi connectivity index (χ4v) is 1.69. The minimum absolute atomic E-state index is 0.102. The van der Waals surface area contributed by atoms with E-state index in [0.29, 0.717) is 12.3 Å². The zero-order valence-electron chi connectivity index (χ0n) is 10.3. The second-order valence-electron chi connectivity index (χ2n) is 3.93. The number of carbonyl (C=O) groups is 1. The van der Waals surface area contributed by atoms with Gasteiger partial charge in [0, 0.05) is 25.0 Å². The monoisotopic (exact) mass is 260 g/mol. The zero-order chi connectivity index (χ0) is 13.8. The molecule has 1 N–H and O–H groups in total. The van der Waals surface area contributed by atoms with Crippen LogP contribution in [0.2, 0.25) is 0 Å². The summed E-state index contributed by atoms with van der Waals surface area (Å²) in [6.07, 6.45) is 1.27. The van der Waals surface area contributed by atoms with E-state index >= 15 is 0 Å². The number of benzene rings is 1. The molecule has 1 atom stereocenters. The maximum Gasteiger partial charge on any atom is 0.187 e. The third kappa shape index (κ3) is 2.56. The number of Topliss-reactive ketones (excluding diaryl/α,β-unsaturated/α-hetero) is 1. The SMILES string of the molecule is COCCOc1cc2c(cc1O)N=CC(C#N)C2=O. The van der Waals surface area contributed by atoms with Crippen LogP contribution in [0.25, 0.3) is 0 Å². The Hall–Kier alpha value is -2.39. The molecule has 6 nitrogen and oxygen atoms in total. The molecule has 0 amide bonds. The molecule has 2 rings (SSSR count). The minimum atomic E-state index is -0.885. The van der Waals surface area contributed by atoms with Gasteiger partial charge in [-0.25, -0.2) is 0 Å². The largest absolute Gasteiger partial charge is 0.504 e. The average Bonchev–Trinajstić information content (AvgIpc) is 2.41. The highest BCUT2D eigenvalue weighted by Crippen LogP contribution is 2.36. The standard InChI is InChI=1S/C13H12N2O4/c1-18-2-3-19-12-4-9-10(5-11(12)16)15-7-8(6-14)13(9)17/h4-5,7-8,16H,2-3H2,1H3. The highest BCUT2D eigenvalue weighted by molar-refractivity contribution is 6.14. The number of nitriles is 1. The van der Waals surface area contributed by atoms with Gasteiger partial charge in [0.25, 0.3) is 0 Å². The van der Waals surface area contributed by atoms with Crippen molar-refractivity contribution in [3.63, 3.8) is 0 Å². The topological polar surface area (TPSA) is 91.9 Å². The van der Waals surface area contributed by atoms with Gasteiger partial charge in [0.1, 0.15) is 12.5 Å². The van der Waals surface area contributed by atoms with Crippen molar-refractivity contribution in [2.45, 2.75) is 0 Å². The highest BCUT2D eigenvalue weighted by Gasteiger charge is 2.26. The molecule has 1 aromatic carbocycles. The first-order valence-electron chi connectivity index (χ1n) is 5.64. The molecule has 1 aliphatic heterocycles. The Morgan fingerprint density at radius 2 is 2.26 bits per heavy atom. The number of rotatable bonds is 4. The molecular weight excluding hydrogens is 248 g/mol. The molecule has 0 aliphatic carbocycles. The number of hydrogen-bond donors (Lipinski definition) is 1. The maximum absolute atomic E-state index is 12.0. The smallest absolute Gasteiger partial charge is 0.187 e. The third-order valence-electron chi connectivity index (χ3n) is 2.67. The van der Waals surface area contributed by atoms with Gasteiger partial charge in [-0.3, -0.25) is 9.79 Å². The number of nitrogens with zero attached hydrogens (tertiary/aromatic N) is 2. The summed E-state index contributed by atoms with van der Waals surface area (Å²) in [6, 6.07) is 4.61. The number of ketones is 1. The summed E-state index contributed by atoms with van der Waals surface area (Å²) in [4.78, 5) is 16.0. The molecule has 0 radical (unpaired) electrons. The molecule has 98 valence electrons. The first kappa shape index (κ1) is 13.1. The van der Waals surface area contributed by atoms with Crippen molar-refractivity contribution in [3.8, 4) is 17.6 Å². The van der Waals surface area contributed by atoms with Crippen LogP contribution in [-0.4, -0.2) is 37.4 Å². The number of phenols is 1. The zero-order valence-corrected chi connectivity index (χ0v) is 10.3. The number of fused-ring (bicyclic) bond motifs is 1. The lowest BCUT2D eigenvalue weighted by Crippen LogP contribution is -2.18. The van der Waals surface area contributed by atoms with E-state index in [1.807, 2.05) is 6.07 Å². The molecule has 0 spiro atoms. The van der Waals surface area contributed by atoms with E-state index in [1.54, 1.807) is 0 Å². The van der Waals surface area contributed by atoms with E-state index in [2.05, 4.69) is 4.99 Å². The Balaban J connectivity index is 2.32. The maximum atomic E-state index is 12.0. The van der Waals surface area contributed by atoms with Crippen molar-refractivity contribution < 1.29 is 19.4 Å². The Morgan fingerprint density at radius 3 is 2.95 bits per heavy atom. The number of phenolic OH excluding ortho intramolecular Hbond substituents is 1. The Labute approximate surface area is 109 Å². The lowest BCUT2D eigenvalue weighted by Gasteiger charge is -2.15. The van der Waals surface area contributed by atoms with Gasteiger partial charge in [-0.05, 0) is 6.07 Å². The molecule has 6 heteroatoms. The van der Waals surface area contributed by atoms with Gasteiger partial charge in [0.05, 0.1) is 18.4 Å². The molecule has 1 heterocycles. The fraction of sp³-hybridized carbons (Fsp3) is 0.308. The first-order valence-corrected chi connectivity index (χ1v) is 5.64. The van der Waals surface area contributed by atoms with Crippen LogP contribution in [0, 0.1) is 17.2 Å². The number of aliphatic imine (C=N–C) groups is 1. The number of methoxy groups -OCH3 is 1. The molecule has 0 fully saturated rings. The van der Waals surface area contributed by atoms with E-state index in [0.717, 1.165) is 0 Å². The van der Waals surface area contributed by atoms with Gasteiger partial charge in [0.15, 0.2) is 17.3 Å². The van der Waals surface area contributed by atoms with Gasteiger partial charge in [0.2, 0.25) is 0 Å². The van der Waals surface area contributed by atoms with E-state index in [1.165, 1.54) is 25.5 Å². The molecule has 1 unspecified atom stereocenters. The molecule has 1 aromatic rings. The summed E-state index contributed by atoms with van der Waals surface area (Å²) in [5.41, 5.74) is 0.618. The second kappa shape index (κ2) is 5.50. The van der Waals surface area contributed by atoms with E-state index in [-0.39, 0.29) is 29.5 Å². The Morgan fingerprint density at radius 1 is 1.47 bits per heavy atom. The molecule has 1 aliphatic rings. The predicted molar refractivity (Wildman–Crippen MR) is 67.1 cm³/mol. The Kier molecular flexibility index (Phi) is 3.78. The van der Waals surface area contributed by atoms with Crippen molar-refractivity contribution in [1.29, 1.82) is 5.26 Å². The van der Waals surface area contributed by atoms with Gasteiger partial charge in [-0.1, -0.05) is 0 Å². The van der Waals surface area contributed by atoms with Gasteiger partial charge >= 0.3 is 0 Å². The van der Waals surface area contributed by atoms with Crippen molar-refractivity contribution in [3.05, 3.63) is 17.7 Å². The minimum Gasteiger partial charge on any atom is -0.504 e. The number of hydrogen-bond acceptors (Lipinski definition) is 6. The number of ether oxygens (including phenoxy) is 2. The summed E-state index contributed by atoms with van der Waals surface area (Å²) >= 11 is 0. The summed E-state index contributed by atoms with van der Waals surface area (Å²) in [6.45, 7) is 0.616. The predicted octanol–water partition coefficient (Wildman–Crippen LogP) is 1.46.